The summed E-state index contributed by atoms with van der Waals surface area (Å²) in [7, 11) is 0. The Balaban J connectivity index is 1.44. The van der Waals surface area contributed by atoms with Crippen molar-refractivity contribution in [2.45, 2.75) is 31.3 Å². The van der Waals surface area contributed by atoms with Gasteiger partial charge in [-0.05, 0) is 24.7 Å². The minimum absolute atomic E-state index is 0.0158. The molecule has 3 rings (SSSR count). The maximum atomic E-state index is 5.97. The molecule has 3 nitrogen and oxygen atoms in total. The quantitative estimate of drug-likeness (QED) is 0.558. The standard InChI is InChI=1S/C14H20Cl2O3/c15-5-11(6-16)17-7-12-8-18-14(19-12)13-4-9-1-2-10(13)3-9/h1-2,9-14H,3-8H2. The Morgan fingerprint density at radius 2 is 2.05 bits per heavy atom. The van der Waals surface area contributed by atoms with E-state index in [-0.39, 0.29) is 18.5 Å². The molecule has 0 spiro atoms. The van der Waals surface area contributed by atoms with Crippen molar-refractivity contribution in [3.05, 3.63) is 12.2 Å². The zero-order valence-corrected chi connectivity index (χ0v) is 12.4. The van der Waals surface area contributed by atoms with Gasteiger partial charge in [-0.15, -0.1) is 23.2 Å². The molecule has 0 radical (unpaired) electrons. The van der Waals surface area contributed by atoms with E-state index in [0.29, 0.717) is 36.8 Å². The molecule has 0 aromatic rings. The van der Waals surface area contributed by atoms with Gasteiger partial charge in [-0.1, -0.05) is 12.2 Å². The summed E-state index contributed by atoms with van der Waals surface area (Å²) in [4.78, 5) is 0. The van der Waals surface area contributed by atoms with Crippen LogP contribution in [0.2, 0.25) is 0 Å². The van der Waals surface area contributed by atoms with Crippen molar-refractivity contribution >= 4 is 23.2 Å². The van der Waals surface area contributed by atoms with E-state index < -0.39 is 0 Å². The maximum Gasteiger partial charge on any atom is 0.161 e. The summed E-state index contributed by atoms with van der Waals surface area (Å²) >= 11 is 11.5. The number of alkyl halides is 2. The highest BCUT2D eigenvalue weighted by molar-refractivity contribution is 6.21. The molecule has 0 aromatic heterocycles. The van der Waals surface area contributed by atoms with Gasteiger partial charge in [-0.25, -0.2) is 0 Å². The van der Waals surface area contributed by atoms with Crippen molar-refractivity contribution < 1.29 is 14.2 Å². The van der Waals surface area contributed by atoms with Crippen LogP contribution in [0, 0.1) is 17.8 Å². The third-order valence-electron chi connectivity index (χ3n) is 4.31. The van der Waals surface area contributed by atoms with Crippen LogP contribution in [0.15, 0.2) is 12.2 Å². The highest BCUT2D eigenvalue weighted by atomic mass is 35.5. The minimum Gasteiger partial charge on any atom is -0.373 e. The van der Waals surface area contributed by atoms with Crippen LogP contribution in [0.3, 0.4) is 0 Å². The molecule has 0 N–H and O–H groups in total. The summed E-state index contributed by atoms with van der Waals surface area (Å²) in [5.41, 5.74) is 0. The van der Waals surface area contributed by atoms with Crippen molar-refractivity contribution in [2.24, 2.45) is 17.8 Å². The van der Waals surface area contributed by atoms with Crippen LogP contribution >= 0.6 is 23.2 Å². The predicted molar refractivity (Wildman–Crippen MR) is 74.6 cm³/mol. The molecule has 1 saturated carbocycles. The molecule has 0 aromatic carbocycles. The van der Waals surface area contributed by atoms with Gasteiger partial charge in [0.1, 0.15) is 6.10 Å². The van der Waals surface area contributed by atoms with Crippen LogP contribution in [0.5, 0.6) is 0 Å². The van der Waals surface area contributed by atoms with E-state index in [1.165, 1.54) is 12.8 Å². The topological polar surface area (TPSA) is 27.7 Å². The van der Waals surface area contributed by atoms with E-state index in [2.05, 4.69) is 12.2 Å². The number of rotatable bonds is 6. The van der Waals surface area contributed by atoms with E-state index in [0.717, 1.165) is 5.92 Å². The molecule has 1 aliphatic heterocycles. The first-order valence-corrected chi connectivity index (χ1v) is 8.06. The number of hydrogen-bond acceptors (Lipinski definition) is 3. The number of fused-ring (bicyclic) bond motifs is 2. The van der Waals surface area contributed by atoms with Crippen LogP contribution in [-0.4, -0.2) is 43.5 Å². The average Bonchev–Trinajstić information content (AvgIpc) is 3.15. The van der Waals surface area contributed by atoms with Crippen molar-refractivity contribution in [2.75, 3.05) is 25.0 Å². The Morgan fingerprint density at radius 1 is 1.21 bits per heavy atom. The summed E-state index contributed by atoms with van der Waals surface area (Å²) in [5.74, 6) is 2.74. The number of hydrogen-bond donors (Lipinski definition) is 0. The lowest BCUT2D eigenvalue weighted by Crippen LogP contribution is -2.28. The van der Waals surface area contributed by atoms with Crippen LogP contribution in [0.1, 0.15) is 12.8 Å². The maximum absolute atomic E-state index is 5.97. The average molecular weight is 307 g/mol. The molecular formula is C14H20Cl2O3. The second-order valence-electron chi connectivity index (χ2n) is 5.67. The highest BCUT2D eigenvalue weighted by Crippen LogP contribution is 2.46. The fourth-order valence-electron chi connectivity index (χ4n) is 3.29. The van der Waals surface area contributed by atoms with Crippen LogP contribution in [0.25, 0.3) is 0 Å². The number of ether oxygens (including phenoxy) is 3. The SMILES string of the molecule is ClCC(CCl)OCC1COC(C2CC3C=CC2C3)O1. The first kappa shape index (κ1) is 14.2. The van der Waals surface area contributed by atoms with Crippen LogP contribution in [0.4, 0.5) is 0 Å². The molecule has 1 saturated heterocycles. The van der Waals surface area contributed by atoms with Crippen molar-refractivity contribution in [1.29, 1.82) is 0 Å². The van der Waals surface area contributed by atoms with Crippen molar-refractivity contribution in [3.63, 3.8) is 0 Å². The van der Waals surface area contributed by atoms with Crippen molar-refractivity contribution in [1.82, 2.24) is 0 Å². The van der Waals surface area contributed by atoms with Gasteiger partial charge in [0, 0.05) is 17.7 Å². The number of halogens is 2. The number of allylic oxidation sites excluding steroid dienone is 2. The van der Waals surface area contributed by atoms with Gasteiger partial charge >= 0.3 is 0 Å². The summed E-state index contributed by atoms with van der Waals surface area (Å²) in [5, 5.41) is 0. The van der Waals surface area contributed by atoms with E-state index in [1.807, 2.05) is 0 Å². The zero-order chi connectivity index (χ0) is 13.2. The Labute approximate surface area is 124 Å². The Bertz CT molecular complexity index is 333. The first-order chi connectivity index (χ1) is 9.30. The third-order valence-corrected chi connectivity index (χ3v) is 5.00. The molecular weight excluding hydrogens is 287 g/mol. The monoisotopic (exact) mass is 306 g/mol. The lowest BCUT2D eigenvalue weighted by molar-refractivity contribution is -0.113. The molecule has 108 valence electrons. The van der Waals surface area contributed by atoms with Gasteiger partial charge < -0.3 is 14.2 Å². The van der Waals surface area contributed by atoms with Gasteiger partial charge in [0.25, 0.3) is 0 Å². The minimum atomic E-state index is -0.101. The zero-order valence-electron chi connectivity index (χ0n) is 10.8. The summed E-state index contributed by atoms with van der Waals surface area (Å²) < 4.78 is 17.4. The highest BCUT2D eigenvalue weighted by Gasteiger charge is 2.44. The molecule has 19 heavy (non-hydrogen) atoms. The molecule has 3 aliphatic rings. The molecule has 0 amide bonds. The van der Waals surface area contributed by atoms with E-state index in [4.69, 9.17) is 37.4 Å². The van der Waals surface area contributed by atoms with Crippen molar-refractivity contribution in [3.8, 4) is 0 Å². The summed E-state index contributed by atoms with van der Waals surface area (Å²) in [6.45, 7) is 1.12. The fourth-order valence-corrected chi connectivity index (χ4v) is 3.80. The second kappa shape index (κ2) is 6.31. The molecule has 5 unspecified atom stereocenters. The summed E-state index contributed by atoms with van der Waals surface area (Å²) in [6.07, 6.45) is 6.99. The Hall–Kier alpha value is 0.200. The normalized spacial score (nSPS) is 40.7. The van der Waals surface area contributed by atoms with Gasteiger partial charge in [-0.3, -0.25) is 0 Å². The molecule has 5 heteroatoms. The largest absolute Gasteiger partial charge is 0.373 e. The van der Waals surface area contributed by atoms with E-state index in [9.17, 15) is 0 Å². The third kappa shape index (κ3) is 3.11. The van der Waals surface area contributed by atoms with E-state index >= 15 is 0 Å². The Morgan fingerprint density at radius 3 is 2.68 bits per heavy atom. The predicted octanol–water partition coefficient (Wildman–Crippen LogP) is 2.80. The molecule has 2 bridgehead atoms. The van der Waals surface area contributed by atoms with Gasteiger partial charge in [-0.2, -0.15) is 0 Å². The van der Waals surface area contributed by atoms with Crippen LogP contribution in [-0.2, 0) is 14.2 Å². The summed E-state index contributed by atoms with van der Waals surface area (Å²) in [6, 6.07) is 0. The van der Waals surface area contributed by atoms with Gasteiger partial charge in [0.05, 0.1) is 19.3 Å². The molecule has 2 aliphatic carbocycles. The molecule has 1 heterocycles. The van der Waals surface area contributed by atoms with Crippen LogP contribution < -0.4 is 0 Å². The smallest absolute Gasteiger partial charge is 0.161 e. The Kier molecular flexibility index (Phi) is 4.70. The fraction of sp³-hybridized carbons (Fsp3) is 0.857. The molecule has 5 atom stereocenters. The van der Waals surface area contributed by atoms with Gasteiger partial charge in [0.2, 0.25) is 0 Å². The first-order valence-electron chi connectivity index (χ1n) is 6.99. The van der Waals surface area contributed by atoms with Gasteiger partial charge in [0.15, 0.2) is 6.29 Å². The lowest BCUT2D eigenvalue weighted by Gasteiger charge is -2.24. The van der Waals surface area contributed by atoms with E-state index in [1.54, 1.807) is 0 Å². The molecule has 2 fully saturated rings. The second-order valence-corrected chi connectivity index (χ2v) is 6.29. The lowest BCUT2D eigenvalue weighted by atomic mass is 9.93.